The first-order valence-corrected chi connectivity index (χ1v) is 8.42. The Morgan fingerprint density at radius 2 is 1.88 bits per heavy atom. The molecule has 0 atom stereocenters. The van der Waals surface area contributed by atoms with Crippen molar-refractivity contribution in [3.63, 3.8) is 0 Å². The van der Waals surface area contributed by atoms with Crippen molar-refractivity contribution < 1.29 is 14.3 Å². The molecule has 7 heteroatoms. The zero-order valence-electron chi connectivity index (χ0n) is 13.9. The van der Waals surface area contributed by atoms with Crippen molar-refractivity contribution in [2.45, 2.75) is 13.8 Å². The van der Waals surface area contributed by atoms with E-state index in [1.54, 1.807) is 42.5 Å². The minimum absolute atomic E-state index is 0.178. The van der Waals surface area contributed by atoms with Crippen molar-refractivity contribution in [3.8, 4) is 5.75 Å². The molecule has 2 aromatic carbocycles. The highest BCUT2D eigenvalue weighted by atomic mass is 35.5. The molecule has 5 nitrogen and oxygen atoms in total. The van der Waals surface area contributed by atoms with Crippen LogP contribution in [0.4, 0.5) is 11.4 Å². The molecule has 25 heavy (non-hydrogen) atoms. The van der Waals surface area contributed by atoms with Gasteiger partial charge in [0.25, 0.3) is 0 Å². The molecule has 0 spiro atoms. The van der Waals surface area contributed by atoms with Crippen molar-refractivity contribution in [1.29, 1.82) is 0 Å². The largest absolute Gasteiger partial charge is 0.492 e. The molecule has 0 saturated heterocycles. The number of halogens is 2. The third-order valence-corrected chi connectivity index (χ3v) is 3.90. The number of hydrogen-bond donors (Lipinski definition) is 1. The summed E-state index contributed by atoms with van der Waals surface area (Å²) in [7, 11) is 0. The van der Waals surface area contributed by atoms with Gasteiger partial charge in [0.2, 0.25) is 11.8 Å². The summed E-state index contributed by atoms with van der Waals surface area (Å²) in [5.41, 5.74) is 0.921. The van der Waals surface area contributed by atoms with Gasteiger partial charge >= 0.3 is 0 Å². The Bertz CT molecular complexity index is 781. The molecule has 2 rings (SSSR count). The van der Waals surface area contributed by atoms with Gasteiger partial charge in [0.05, 0.1) is 23.0 Å². The molecule has 0 aliphatic rings. The molecular formula is C18H18Cl2N2O3. The number of benzene rings is 2. The van der Waals surface area contributed by atoms with Gasteiger partial charge in [-0.3, -0.25) is 14.5 Å². The summed E-state index contributed by atoms with van der Waals surface area (Å²) in [6.07, 6.45) is 0. The average Bonchev–Trinajstić information content (AvgIpc) is 2.57. The lowest BCUT2D eigenvalue weighted by atomic mass is 10.2. The van der Waals surface area contributed by atoms with Crippen LogP contribution in [0.2, 0.25) is 10.0 Å². The van der Waals surface area contributed by atoms with Gasteiger partial charge in [-0.25, -0.2) is 0 Å². The normalized spacial score (nSPS) is 10.2. The first-order chi connectivity index (χ1) is 11.9. The molecule has 0 saturated carbocycles. The fraction of sp³-hybridized carbons (Fsp3) is 0.222. The molecule has 132 valence electrons. The number of rotatable bonds is 6. The van der Waals surface area contributed by atoms with Gasteiger partial charge in [-0.15, -0.1) is 0 Å². The van der Waals surface area contributed by atoms with E-state index in [0.29, 0.717) is 33.8 Å². The van der Waals surface area contributed by atoms with E-state index in [1.165, 1.54) is 11.8 Å². The van der Waals surface area contributed by atoms with Gasteiger partial charge in [-0.1, -0.05) is 35.3 Å². The second kappa shape index (κ2) is 8.74. The van der Waals surface area contributed by atoms with E-state index in [2.05, 4.69) is 5.32 Å². The Kier molecular flexibility index (Phi) is 6.67. The summed E-state index contributed by atoms with van der Waals surface area (Å²) in [6.45, 7) is 3.51. The van der Waals surface area contributed by atoms with Crippen LogP contribution in [-0.2, 0) is 9.59 Å². The van der Waals surface area contributed by atoms with Gasteiger partial charge in [-0.2, -0.15) is 0 Å². The summed E-state index contributed by atoms with van der Waals surface area (Å²) >= 11 is 12.0. The molecule has 0 radical (unpaired) electrons. The minimum atomic E-state index is -0.398. The average molecular weight is 381 g/mol. The number of anilines is 2. The van der Waals surface area contributed by atoms with Crippen LogP contribution >= 0.6 is 23.2 Å². The molecule has 0 aliphatic carbocycles. The number of carbonyl (C=O) groups is 2. The van der Waals surface area contributed by atoms with Crippen LogP contribution < -0.4 is 15.0 Å². The van der Waals surface area contributed by atoms with E-state index < -0.39 is 5.91 Å². The number of hydrogen-bond acceptors (Lipinski definition) is 3. The number of nitrogens with zero attached hydrogens (tertiary/aromatic N) is 1. The van der Waals surface area contributed by atoms with Crippen LogP contribution in [0, 0.1) is 0 Å². The molecule has 1 N–H and O–H groups in total. The van der Waals surface area contributed by atoms with Gasteiger partial charge < -0.3 is 10.1 Å². The Balaban J connectivity index is 2.21. The van der Waals surface area contributed by atoms with Crippen molar-refractivity contribution in [3.05, 3.63) is 52.5 Å². The van der Waals surface area contributed by atoms with E-state index in [1.807, 2.05) is 6.92 Å². The van der Waals surface area contributed by atoms with Crippen LogP contribution in [0.1, 0.15) is 13.8 Å². The summed E-state index contributed by atoms with van der Waals surface area (Å²) < 4.78 is 5.54. The van der Waals surface area contributed by atoms with E-state index in [4.69, 9.17) is 27.9 Å². The quantitative estimate of drug-likeness (QED) is 0.808. The fourth-order valence-corrected chi connectivity index (χ4v) is 2.59. The third kappa shape index (κ3) is 5.11. The molecule has 0 heterocycles. The van der Waals surface area contributed by atoms with Crippen molar-refractivity contribution >= 4 is 46.4 Å². The molecule has 2 amide bonds. The Labute approximate surface area is 156 Å². The first-order valence-electron chi connectivity index (χ1n) is 7.67. The highest BCUT2D eigenvalue weighted by Crippen LogP contribution is 2.29. The number of amides is 2. The molecular weight excluding hydrogens is 363 g/mol. The van der Waals surface area contributed by atoms with E-state index in [9.17, 15) is 9.59 Å². The number of ether oxygens (including phenoxy) is 1. The lowest BCUT2D eigenvalue weighted by Gasteiger charge is -2.23. The maximum atomic E-state index is 12.4. The number of carbonyl (C=O) groups excluding carboxylic acids is 2. The highest BCUT2D eigenvalue weighted by molar-refractivity contribution is 6.35. The maximum Gasteiger partial charge on any atom is 0.244 e. The topological polar surface area (TPSA) is 58.6 Å². The van der Waals surface area contributed by atoms with Gasteiger partial charge in [0.15, 0.2) is 0 Å². The minimum Gasteiger partial charge on any atom is -0.492 e. The maximum absolute atomic E-state index is 12.4. The first kappa shape index (κ1) is 19.1. The van der Waals surface area contributed by atoms with E-state index >= 15 is 0 Å². The lowest BCUT2D eigenvalue weighted by Crippen LogP contribution is -2.37. The summed E-state index contributed by atoms with van der Waals surface area (Å²) in [4.78, 5) is 25.8. The molecule has 0 aromatic heterocycles. The Hall–Kier alpha value is -2.24. The standard InChI is InChI=1S/C18H18Cl2N2O3/c1-3-25-17-7-5-4-6-16(17)22(12(2)23)11-18(24)21-15-10-13(19)8-9-14(15)20/h4-10H,3,11H2,1-2H3,(H,21,24). The number of nitrogens with one attached hydrogen (secondary N) is 1. The molecule has 0 fully saturated rings. The van der Waals surface area contributed by atoms with Crippen molar-refractivity contribution in [2.75, 3.05) is 23.4 Å². The van der Waals surface area contributed by atoms with Crippen LogP contribution in [0.5, 0.6) is 5.75 Å². The van der Waals surface area contributed by atoms with Gasteiger partial charge in [0, 0.05) is 11.9 Å². The zero-order chi connectivity index (χ0) is 18.4. The Morgan fingerprint density at radius 3 is 2.56 bits per heavy atom. The lowest BCUT2D eigenvalue weighted by molar-refractivity contribution is -0.120. The molecule has 0 bridgehead atoms. The second-order valence-electron chi connectivity index (χ2n) is 5.18. The Morgan fingerprint density at radius 1 is 1.16 bits per heavy atom. The predicted molar refractivity (Wildman–Crippen MR) is 101 cm³/mol. The smallest absolute Gasteiger partial charge is 0.244 e. The van der Waals surface area contributed by atoms with Crippen LogP contribution in [0.25, 0.3) is 0 Å². The second-order valence-corrected chi connectivity index (χ2v) is 6.02. The summed E-state index contributed by atoms with van der Waals surface area (Å²) in [6, 6.07) is 11.8. The van der Waals surface area contributed by atoms with Gasteiger partial charge in [0.1, 0.15) is 12.3 Å². The summed E-state index contributed by atoms with van der Waals surface area (Å²) in [5, 5.41) is 3.48. The van der Waals surface area contributed by atoms with Crippen LogP contribution in [0.3, 0.4) is 0 Å². The van der Waals surface area contributed by atoms with Crippen molar-refractivity contribution in [1.82, 2.24) is 0 Å². The SMILES string of the molecule is CCOc1ccccc1N(CC(=O)Nc1cc(Cl)ccc1Cl)C(C)=O. The molecule has 0 unspecified atom stereocenters. The molecule has 2 aromatic rings. The van der Waals surface area contributed by atoms with Crippen LogP contribution in [-0.4, -0.2) is 25.0 Å². The van der Waals surface area contributed by atoms with Gasteiger partial charge in [-0.05, 0) is 37.3 Å². The monoisotopic (exact) mass is 380 g/mol. The predicted octanol–water partition coefficient (Wildman–Crippen LogP) is 4.38. The van der Waals surface area contributed by atoms with E-state index in [-0.39, 0.29) is 12.5 Å². The zero-order valence-corrected chi connectivity index (χ0v) is 15.4. The third-order valence-electron chi connectivity index (χ3n) is 3.34. The summed E-state index contributed by atoms with van der Waals surface area (Å²) in [5.74, 6) is -0.140. The number of para-hydroxylation sites is 2. The van der Waals surface area contributed by atoms with Crippen molar-refractivity contribution in [2.24, 2.45) is 0 Å². The van der Waals surface area contributed by atoms with E-state index in [0.717, 1.165) is 0 Å². The highest BCUT2D eigenvalue weighted by Gasteiger charge is 2.20. The fourth-order valence-electron chi connectivity index (χ4n) is 2.25. The van der Waals surface area contributed by atoms with Crippen LogP contribution in [0.15, 0.2) is 42.5 Å². The molecule has 0 aliphatic heterocycles.